The third-order valence-corrected chi connectivity index (χ3v) is 5.39. The predicted octanol–water partition coefficient (Wildman–Crippen LogP) is 7.04. The van der Waals surface area contributed by atoms with Crippen LogP contribution in [0.3, 0.4) is 0 Å². The molecule has 0 amide bonds. The number of fused-ring (bicyclic) bond motifs is 1. The molecule has 25 heavy (non-hydrogen) atoms. The van der Waals surface area contributed by atoms with Crippen LogP contribution in [-0.4, -0.2) is 4.98 Å². The summed E-state index contributed by atoms with van der Waals surface area (Å²) in [6.07, 6.45) is 0.968. The molecule has 126 valence electrons. The zero-order chi connectivity index (χ0) is 17.6. The van der Waals surface area contributed by atoms with Crippen LogP contribution in [0.4, 0.5) is 0 Å². The van der Waals surface area contributed by atoms with Crippen LogP contribution in [0, 0.1) is 13.8 Å². The second-order valence-corrected chi connectivity index (χ2v) is 7.37. The van der Waals surface area contributed by atoms with Crippen molar-refractivity contribution in [2.75, 3.05) is 0 Å². The lowest BCUT2D eigenvalue weighted by atomic mass is 10.1. The van der Waals surface area contributed by atoms with E-state index in [-0.39, 0.29) is 0 Å². The Labute approximate surface area is 156 Å². The number of furan rings is 1. The average molecular weight is 394 g/mol. The highest BCUT2D eigenvalue weighted by molar-refractivity contribution is 9.10. The van der Waals surface area contributed by atoms with Crippen LogP contribution in [0.2, 0.25) is 0 Å². The lowest BCUT2D eigenvalue weighted by molar-refractivity contribution is 0.624. The molecule has 0 spiro atoms. The molecule has 3 heteroatoms. The first-order valence-corrected chi connectivity index (χ1v) is 9.34. The van der Waals surface area contributed by atoms with Crippen LogP contribution in [0.25, 0.3) is 33.7 Å². The van der Waals surface area contributed by atoms with Crippen LogP contribution in [0.15, 0.2) is 57.4 Å². The number of hydrogen-bond donors (Lipinski definition) is 1. The molecule has 0 saturated heterocycles. The summed E-state index contributed by atoms with van der Waals surface area (Å²) in [5.74, 6) is 0.883. The van der Waals surface area contributed by atoms with Crippen molar-refractivity contribution in [2.45, 2.75) is 27.2 Å². The zero-order valence-corrected chi connectivity index (χ0v) is 16.2. The Balaban J connectivity index is 1.80. The maximum atomic E-state index is 6.21. The van der Waals surface area contributed by atoms with Gasteiger partial charge in [-0.1, -0.05) is 47.1 Å². The minimum absolute atomic E-state index is 0.883. The van der Waals surface area contributed by atoms with Gasteiger partial charge < -0.3 is 9.40 Å². The van der Waals surface area contributed by atoms with Crippen LogP contribution < -0.4 is 0 Å². The number of halogens is 1. The Morgan fingerprint density at radius 2 is 1.76 bits per heavy atom. The average Bonchev–Trinajstić information content (AvgIpc) is 3.22. The molecule has 0 aliphatic carbocycles. The van der Waals surface area contributed by atoms with Gasteiger partial charge in [0.05, 0.1) is 5.69 Å². The van der Waals surface area contributed by atoms with Crippen molar-refractivity contribution in [2.24, 2.45) is 0 Å². The maximum Gasteiger partial charge on any atom is 0.151 e. The standard InChI is InChI=1S/C22H20BrNO/c1-4-15-7-6-14(3)17-12-21(25-22(15)17)20-10-9-19(24-20)16-8-5-13(2)11-18(16)23/h5-12,24H,4H2,1-3H3. The lowest BCUT2D eigenvalue weighted by Gasteiger charge is -2.03. The fourth-order valence-electron chi connectivity index (χ4n) is 3.26. The molecule has 1 N–H and O–H groups in total. The van der Waals surface area contributed by atoms with Gasteiger partial charge in [-0.15, -0.1) is 0 Å². The SMILES string of the molecule is CCc1ccc(C)c2cc(-c3ccc(-c4ccc(C)cc4Br)[nH]3)oc12. The summed E-state index contributed by atoms with van der Waals surface area (Å²) in [5.41, 5.74) is 7.97. The van der Waals surface area contributed by atoms with Crippen LogP contribution >= 0.6 is 15.9 Å². The fourth-order valence-corrected chi connectivity index (χ4v) is 3.97. The number of aromatic amines is 1. The molecule has 0 atom stereocenters. The van der Waals surface area contributed by atoms with E-state index in [4.69, 9.17) is 4.42 Å². The summed E-state index contributed by atoms with van der Waals surface area (Å²) < 4.78 is 7.30. The van der Waals surface area contributed by atoms with E-state index < -0.39 is 0 Å². The number of aryl methyl sites for hydroxylation is 3. The highest BCUT2D eigenvalue weighted by Gasteiger charge is 2.13. The molecule has 0 aliphatic rings. The van der Waals surface area contributed by atoms with E-state index in [1.807, 2.05) is 0 Å². The van der Waals surface area contributed by atoms with Gasteiger partial charge in [0.15, 0.2) is 5.76 Å². The molecule has 2 heterocycles. The molecular formula is C22H20BrNO. The summed E-state index contributed by atoms with van der Waals surface area (Å²) in [4.78, 5) is 3.50. The van der Waals surface area contributed by atoms with Gasteiger partial charge >= 0.3 is 0 Å². The molecule has 0 bridgehead atoms. The Bertz CT molecular complexity index is 1070. The second kappa shape index (κ2) is 6.23. The quantitative estimate of drug-likeness (QED) is 0.397. The number of benzene rings is 2. The van der Waals surface area contributed by atoms with Crippen molar-refractivity contribution in [3.63, 3.8) is 0 Å². The first-order valence-electron chi connectivity index (χ1n) is 8.54. The van der Waals surface area contributed by atoms with Crippen molar-refractivity contribution in [3.8, 4) is 22.7 Å². The van der Waals surface area contributed by atoms with Crippen molar-refractivity contribution in [3.05, 3.63) is 69.7 Å². The van der Waals surface area contributed by atoms with E-state index in [0.717, 1.165) is 39.2 Å². The van der Waals surface area contributed by atoms with Crippen molar-refractivity contribution in [1.82, 2.24) is 4.98 Å². The Hall–Kier alpha value is -2.26. The summed E-state index contributed by atoms with van der Waals surface area (Å²) in [6, 6.07) is 17.0. The van der Waals surface area contributed by atoms with Gasteiger partial charge in [-0.3, -0.25) is 0 Å². The zero-order valence-electron chi connectivity index (χ0n) is 14.6. The molecule has 2 aromatic heterocycles. The molecule has 0 unspecified atom stereocenters. The van der Waals surface area contributed by atoms with Gasteiger partial charge in [-0.2, -0.15) is 0 Å². The van der Waals surface area contributed by atoms with Gasteiger partial charge in [0.25, 0.3) is 0 Å². The van der Waals surface area contributed by atoms with Crippen molar-refractivity contribution in [1.29, 1.82) is 0 Å². The number of hydrogen-bond acceptors (Lipinski definition) is 1. The monoisotopic (exact) mass is 393 g/mol. The third-order valence-electron chi connectivity index (χ3n) is 4.73. The van der Waals surface area contributed by atoms with Crippen molar-refractivity contribution < 1.29 is 4.42 Å². The van der Waals surface area contributed by atoms with Gasteiger partial charge in [0, 0.05) is 21.1 Å². The van der Waals surface area contributed by atoms with Crippen LogP contribution in [0.5, 0.6) is 0 Å². The third kappa shape index (κ3) is 2.83. The molecule has 4 aromatic rings. The van der Waals surface area contributed by atoms with Crippen LogP contribution in [0.1, 0.15) is 23.6 Å². The number of rotatable bonds is 3. The second-order valence-electron chi connectivity index (χ2n) is 6.52. The Kier molecular flexibility index (Phi) is 4.04. The maximum absolute atomic E-state index is 6.21. The first-order chi connectivity index (χ1) is 12.1. The van der Waals surface area contributed by atoms with E-state index in [2.05, 4.69) is 90.2 Å². The smallest absolute Gasteiger partial charge is 0.151 e. The van der Waals surface area contributed by atoms with E-state index in [9.17, 15) is 0 Å². The van der Waals surface area contributed by atoms with Crippen molar-refractivity contribution >= 4 is 26.9 Å². The van der Waals surface area contributed by atoms with Gasteiger partial charge in [-0.05, 0) is 61.2 Å². The van der Waals surface area contributed by atoms with E-state index in [0.29, 0.717) is 0 Å². The molecule has 2 aromatic carbocycles. The predicted molar refractivity (Wildman–Crippen MR) is 108 cm³/mol. The number of nitrogens with one attached hydrogen (secondary N) is 1. The molecular weight excluding hydrogens is 374 g/mol. The summed E-state index contributed by atoms with van der Waals surface area (Å²) in [5, 5.41) is 1.20. The van der Waals surface area contributed by atoms with Crippen LogP contribution in [-0.2, 0) is 6.42 Å². The Morgan fingerprint density at radius 1 is 0.960 bits per heavy atom. The molecule has 0 fully saturated rings. The minimum atomic E-state index is 0.883. The fraction of sp³-hybridized carbons (Fsp3) is 0.182. The summed E-state index contributed by atoms with van der Waals surface area (Å²) in [6.45, 7) is 6.38. The summed E-state index contributed by atoms with van der Waals surface area (Å²) in [7, 11) is 0. The highest BCUT2D eigenvalue weighted by Crippen LogP contribution is 2.34. The molecule has 0 saturated carbocycles. The molecule has 2 nitrogen and oxygen atoms in total. The first kappa shape index (κ1) is 16.2. The largest absolute Gasteiger partial charge is 0.454 e. The van der Waals surface area contributed by atoms with E-state index in [1.165, 1.54) is 22.1 Å². The number of aromatic nitrogens is 1. The molecule has 0 aliphatic heterocycles. The Morgan fingerprint density at radius 3 is 2.52 bits per heavy atom. The van der Waals surface area contributed by atoms with Gasteiger partial charge in [0.2, 0.25) is 0 Å². The lowest BCUT2D eigenvalue weighted by Crippen LogP contribution is -1.82. The van der Waals surface area contributed by atoms with Gasteiger partial charge in [0.1, 0.15) is 5.58 Å². The molecule has 0 radical (unpaired) electrons. The molecule has 4 rings (SSSR count). The van der Waals surface area contributed by atoms with E-state index in [1.54, 1.807) is 0 Å². The van der Waals surface area contributed by atoms with Gasteiger partial charge in [-0.25, -0.2) is 0 Å². The van der Waals surface area contributed by atoms with E-state index >= 15 is 0 Å². The normalized spacial score (nSPS) is 11.4. The highest BCUT2D eigenvalue weighted by atomic mass is 79.9. The topological polar surface area (TPSA) is 28.9 Å². The summed E-state index contributed by atoms with van der Waals surface area (Å²) >= 11 is 3.66. The minimum Gasteiger partial charge on any atom is -0.454 e. The number of H-pyrrole nitrogens is 1.